The zero-order chi connectivity index (χ0) is 9.97. The fourth-order valence-corrected chi connectivity index (χ4v) is 2.47. The van der Waals surface area contributed by atoms with Crippen LogP contribution in [-0.4, -0.2) is 18.5 Å². The first-order chi connectivity index (χ1) is 6.77. The molecule has 0 spiro atoms. The first-order valence-corrected chi connectivity index (χ1v) is 5.52. The highest BCUT2D eigenvalue weighted by atomic mass is 15.1. The number of likely N-dealkylation sites (tertiary alicyclic amines) is 1. The minimum Gasteiger partial charge on any atom is -0.299 e. The summed E-state index contributed by atoms with van der Waals surface area (Å²) < 4.78 is 0. The standard InChI is InChI=1S/C13H19N/c1-11-8-9-13(14(2)10-11)12-6-4-3-5-7-12/h3-7,11,13H,8-10H2,1-2H3/t11-,13+/m0/s1. The second kappa shape index (κ2) is 4.14. The third-order valence-corrected chi connectivity index (χ3v) is 3.25. The Labute approximate surface area is 86.7 Å². The summed E-state index contributed by atoms with van der Waals surface area (Å²) in [4.78, 5) is 2.49. The number of nitrogens with zero attached hydrogens (tertiary/aromatic N) is 1. The molecule has 2 rings (SSSR count). The number of benzene rings is 1. The number of hydrogen-bond acceptors (Lipinski definition) is 1. The molecular formula is C13H19N. The summed E-state index contributed by atoms with van der Waals surface area (Å²) in [7, 11) is 2.24. The summed E-state index contributed by atoms with van der Waals surface area (Å²) in [6.45, 7) is 3.58. The Bertz CT molecular complexity index is 281. The van der Waals surface area contributed by atoms with Gasteiger partial charge >= 0.3 is 0 Å². The molecule has 0 radical (unpaired) electrons. The van der Waals surface area contributed by atoms with E-state index in [0.29, 0.717) is 6.04 Å². The normalized spacial score (nSPS) is 29.0. The van der Waals surface area contributed by atoms with E-state index in [-0.39, 0.29) is 0 Å². The molecule has 1 fully saturated rings. The lowest BCUT2D eigenvalue weighted by Gasteiger charge is -2.36. The molecule has 0 N–H and O–H groups in total. The van der Waals surface area contributed by atoms with Gasteiger partial charge in [0.15, 0.2) is 0 Å². The zero-order valence-electron chi connectivity index (χ0n) is 9.11. The summed E-state index contributed by atoms with van der Waals surface area (Å²) in [6.07, 6.45) is 2.67. The van der Waals surface area contributed by atoms with Crippen molar-refractivity contribution in [1.82, 2.24) is 4.90 Å². The van der Waals surface area contributed by atoms with E-state index in [1.165, 1.54) is 24.9 Å². The molecule has 1 aromatic rings. The minimum absolute atomic E-state index is 0.646. The average Bonchev–Trinajstić information content (AvgIpc) is 2.19. The lowest BCUT2D eigenvalue weighted by molar-refractivity contribution is 0.146. The van der Waals surface area contributed by atoms with Crippen molar-refractivity contribution in [2.24, 2.45) is 5.92 Å². The van der Waals surface area contributed by atoms with Crippen LogP contribution in [0.15, 0.2) is 30.3 Å². The van der Waals surface area contributed by atoms with Crippen molar-refractivity contribution in [1.29, 1.82) is 0 Å². The Morgan fingerprint density at radius 2 is 1.86 bits per heavy atom. The largest absolute Gasteiger partial charge is 0.299 e. The number of rotatable bonds is 1. The van der Waals surface area contributed by atoms with Crippen molar-refractivity contribution in [3.63, 3.8) is 0 Å². The van der Waals surface area contributed by atoms with Gasteiger partial charge in [0, 0.05) is 12.6 Å². The van der Waals surface area contributed by atoms with Gasteiger partial charge in [0.1, 0.15) is 0 Å². The van der Waals surface area contributed by atoms with E-state index in [0.717, 1.165) is 5.92 Å². The molecule has 1 saturated heterocycles. The molecule has 14 heavy (non-hydrogen) atoms. The quantitative estimate of drug-likeness (QED) is 0.656. The van der Waals surface area contributed by atoms with E-state index in [9.17, 15) is 0 Å². The first-order valence-electron chi connectivity index (χ1n) is 5.52. The molecule has 0 saturated carbocycles. The van der Waals surface area contributed by atoms with E-state index in [1.807, 2.05) is 0 Å². The van der Waals surface area contributed by atoms with Gasteiger partial charge in [-0.2, -0.15) is 0 Å². The van der Waals surface area contributed by atoms with Gasteiger partial charge in [0.2, 0.25) is 0 Å². The molecule has 0 aliphatic carbocycles. The SMILES string of the molecule is C[C@H]1CC[C@H](c2ccccc2)N(C)C1. The third kappa shape index (κ3) is 1.98. The Kier molecular flexibility index (Phi) is 2.87. The van der Waals surface area contributed by atoms with Gasteiger partial charge < -0.3 is 0 Å². The van der Waals surface area contributed by atoms with Crippen molar-refractivity contribution in [3.8, 4) is 0 Å². The Morgan fingerprint density at radius 3 is 2.50 bits per heavy atom. The summed E-state index contributed by atoms with van der Waals surface area (Å²) in [5.41, 5.74) is 1.47. The van der Waals surface area contributed by atoms with Crippen LogP contribution in [0.2, 0.25) is 0 Å². The Morgan fingerprint density at radius 1 is 1.14 bits per heavy atom. The van der Waals surface area contributed by atoms with Crippen LogP contribution in [0, 0.1) is 5.92 Å². The molecule has 1 nitrogen and oxygen atoms in total. The maximum atomic E-state index is 2.49. The predicted octanol–water partition coefficient (Wildman–Crippen LogP) is 3.09. The van der Waals surface area contributed by atoms with Gasteiger partial charge in [-0.05, 0) is 31.4 Å². The summed E-state index contributed by atoms with van der Waals surface area (Å²) >= 11 is 0. The second-order valence-corrected chi connectivity index (χ2v) is 4.55. The summed E-state index contributed by atoms with van der Waals surface area (Å²) in [5, 5.41) is 0. The first kappa shape index (κ1) is 9.72. The summed E-state index contributed by atoms with van der Waals surface area (Å²) in [5.74, 6) is 0.861. The van der Waals surface area contributed by atoms with E-state index in [4.69, 9.17) is 0 Å². The van der Waals surface area contributed by atoms with Gasteiger partial charge in [-0.1, -0.05) is 37.3 Å². The van der Waals surface area contributed by atoms with Crippen LogP contribution >= 0.6 is 0 Å². The predicted molar refractivity (Wildman–Crippen MR) is 60.2 cm³/mol. The van der Waals surface area contributed by atoms with Gasteiger partial charge in [-0.3, -0.25) is 4.90 Å². The highest BCUT2D eigenvalue weighted by Gasteiger charge is 2.23. The molecule has 0 bridgehead atoms. The molecule has 0 unspecified atom stereocenters. The van der Waals surface area contributed by atoms with E-state index < -0.39 is 0 Å². The second-order valence-electron chi connectivity index (χ2n) is 4.55. The van der Waals surface area contributed by atoms with Crippen LogP contribution in [0.3, 0.4) is 0 Å². The van der Waals surface area contributed by atoms with Crippen LogP contribution in [0.5, 0.6) is 0 Å². The fraction of sp³-hybridized carbons (Fsp3) is 0.538. The maximum absolute atomic E-state index is 2.49. The number of hydrogen-bond donors (Lipinski definition) is 0. The smallest absolute Gasteiger partial charge is 0.0345 e. The number of piperidine rings is 1. The zero-order valence-corrected chi connectivity index (χ0v) is 9.11. The molecule has 0 aromatic heterocycles. The lowest BCUT2D eigenvalue weighted by Crippen LogP contribution is -2.33. The highest BCUT2D eigenvalue weighted by molar-refractivity contribution is 5.19. The van der Waals surface area contributed by atoms with Gasteiger partial charge in [0.25, 0.3) is 0 Å². The van der Waals surface area contributed by atoms with Gasteiger partial charge in [-0.25, -0.2) is 0 Å². The topological polar surface area (TPSA) is 3.24 Å². The van der Waals surface area contributed by atoms with Gasteiger partial charge in [0.05, 0.1) is 0 Å². The van der Waals surface area contributed by atoms with E-state index in [1.54, 1.807) is 0 Å². The van der Waals surface area contributed by atoms with Crippen molar-refractivity contribution < 1.29 is 0 Å². The van der Waals surface area contributed by atoms with E-state index >= 15 is 0 Å². The van der Waals surface area contributed by atoms with Crippen LogP contribution in [0.1, 0.15) is 31.4 Å². The molecule has 1 aromatic carbocycles. The maximum Gasteiger partial charge on any atom is 0.0345 e. The van der Waals surface area contributed by atoms with Crippen molar-refractivity contribution in [3.05, 3.63) is 35.9 Å². The highest BCUT2D eigenvalue weighted by Crippen LogP contribution is 2.31. The van der Waals surface area contributed by atoms with Crippen LogP contribution in [0.4, 0.5) is 0 Å². The van der Waals surface area contributed by atoms with Crippen molar-refractivity contribution in [2.45, 2.75) is 25.8 Å². The molecule has 1 aliphatic heterocycles. The fourth-order valence-electron chi connectivity index (χ4n) is 2.47. The Hall–Kier alpha value is -0.820. The molecule has 76 valence electrons. The minimum atomic E-state index is 0.646. The average molecular weight is 189 g/mol. The molecule has 1 heteroatoms. The van der Waals surface area contributed by atoms with Crippen LogP contribution in [0.25, 0.3) is 0 Å². The van der Waals surface area contributed by atoms with Crippen LogP contribution in [-0.2, 0) is 0 Å². The molecule has 0 amide bonds. The van der Waals surface area contributed by atoms with Gasteiger partial charge in [-0.15, -0.1) is 0 Å². The molecule has 1 aliphatic rings. The van der Waals surface area contributed by atoms with E-state index in [2.05, 4.69) is 49.2 Å². The summed E-state index contributed by atoms with van der Waals surface area (Å²) in [6, 6.07) is 11.5. The monoisotopic (exact) mass is 189 g/mol. The van der Waals surface area contributed by atoms with Crippen molar-refractivity contribution in [2.75, 3.05) is 13.6 Å². The molecule has 2 atom stereocenters. The lowest BCUT2D eigenvalue weighted by atomic mass is 9.90. The third-order valence-electron chi connectivity index (χ3n) is 3.25. The molecular weight excluding hydrogens is 170 g/mol. The molecule has 1 heterocycles. The van der Waals surface area contributed by atoms with Crippen molar-refractivity contribution >= 4 is 0 Å². The Balaban J connectivity index is 2.12. The van der Waals surface area contributed by atoms with Crippen LogP contribution < -0.4 is 0 Å².